The number of aromatic nitrogens is 3. The van der Waals surface area contributed by atoms with Gasteiger partial charge in [-0.3, -0.25) is 4.79 Å². The number of aryl methyl sites for hydroxylation is 1. The summed E-state index contributed by atoms with van der Waals surface area (Å²) in [5.41, 5.74) is 2.41. The Morgan fingerprint density at radius 3 is 2.59 bits per heavy atom. The molecule has 0 spiro atoms. The zero-order valence-electron chi connectivity index (χ0n) is 15.7. The van der Waals surface area contributed by atoms with Gasteiger partial charge in [0, 0.05) is 11.5 Å². The van der Waals surface area contributed by atoms with E-state index in [-0.39, 0.29) is 5.69 Å². The van der Waals surface area contributed by atoms with E-state index in [1.807, 2.05) is 61.5 Å². The SMILES string of the molecule is Cc1cc(NC(=O)COC(=O)c2ccc3ccccc3n2)n(-c2ccccc2)n1. The number of esters is 1. The van der Waals surface area contributed by atoms with Gasteiger partial charge < -0.3 is 10.1 Å². The Balaban J connectivity index is 1.42. The van der Waals surface area contributed by atoms with Crippen LogP contribution in [0.5, 0.6) is 0 Å². The van der Waals surface area contributed by atoms with Gasteiger partial charge in [-0.15, -0.1) is 0 Å². The minimum atomic E-state index is -0.654. The molecule has 0 unspecified atom stereocenters. The molecule has 0 fully saturated rings. The number of para-hydroxylation sites is 2. The number of hydrogen-bond donors (Lipinski definition) is 1. The van der Waals surface area contributed by atoms with E-state index in [4.69, 9.17) is 4.74 Å². The van der Waals surface area contributed by atoms with Gasteiger partial charge in [-0.1, -0.05) is 42.5 Å². The number of carbonyl (C=O) groups is 2. The molecule has 1 amide bonds. The van der Waals surface area contributed by atoms with Gasteiger partial charge >= 0.3 is 5.97 Å². The largest absolute Gasteiger partial charge is 0.451 e. The van der Waals surface area contributed by atoms with Crippen LogP contribution in [0.3, 0.4) is 0 Å². The molecule has 7 nitrogen and oxygen atoms in total. The van der Waals surface area contributed by atoms with Crippen molar-refractivity contribution in [3.63, 3.8) is 0 Å². The minimum Gasteiger partial charge on any atom is -0.451 e. The summed E-state index contributed by atoms with van der Waals surface area (Å²) in [4.78, 5) is 28.8. The van der Waals surface area contributed by atoms with Crippen molar-refractivity contribution in [1.82, 2.24) is 14.8 Å². The van der Waals surface area contributed by atoms with Crippen LogP contribution in [0.15, 0.2) is 72.8 Å². The van der Waals surface area contributed by atoms with Crippen molar-refractivity contribution in [2.45, 2.75) is 6.92 Å². The molecule has 144 valence electrons. The number of carbonyl (C=O) groups excluding carboxylic acids is 2. The first-order chi connectivity index (χ1) is 14.1. The van der Waals surface area contributed by atoms with Crippen LogP contribution in [0.4, 0.5) is 5.82 Å². The van der Waals surface area contributed by atoms with Crippen molar-refractivity contribution in [3.8, 4) is 5.69 Å². The lowest BCUT2D eigenvalue weighted by Gasteiger charge is -2.09. The second-order valence-electron chi connectivity index (χ2n) is 6.43. The first kappa shape index (κ1) is 18.4. The van der Waals surface area contributed by atoms with Gasteiger partial charge in [-0.2, -0.15) is 5.10 Å². The van der Waals surface area contributed by atoms with E-state index in [1.54, 1.807) is 22.9 Å². The van der Waals surface area contributed by atoms with E-state index in [2.05, 4.69) is 15.4 Å². The van der Waals surface area contributed by atoms with Crippen LogP contribution < -0.4 is 5.32 Å². The molecule has 2 aromatic carbocycles. The highest BCUT2D eigenvalue weighted by molar-refractivity contribution is 5.95. The molecule has 4 rings (SSSR count). The average molecular weight is 386 g/mol. The van der Waals surface area contributed by atoms with Crippen molar-refractivity contribution in [2.75, 3.05) is 11.9 Å². The zero-order chi connectivity index (χ0) is 20.2. The molecule has 0 radical (unpaired) electrons. The summed E-state index contributed by atoms with van der Waals surface area (Å²) >= 11 is 0. The predicted molar refractivity (Wildman–Crippen MR) is 109 cm³/mol. The molecule has 4 aromatic rings. The van der Waals surface area contributed by atoms with Gasteiger partial charge in [0.15, 0.2) is 6.61 Å². The number of hydrogen-bond acceptors (Lipinski definition) is 5. The molecular weight excluding hydrogens is 368 g/mol. The Bertz CT molecular complexity index is 1190. The number of rotatable bonds is 5. The molecule has 0 bridgehead atoms. The van der Waals surface area contributed by atoms with E-state index in [0.29, 0.717) is 11.3 Å². The van der Waals surface area contributed by atoms with Crippen LogP contribution in [-0.4, -0.2) is 33.2 Å². The van der Waals surface area contributed by atoms with Gasteiger partial charge in [-0.05, 0) is 31.2 Å². The summed E-state index contributed by atoms with van der Waals surface area (Å²) in [6.07, 6.45) is 0. The molecule has 0 atom stereocenters. The van der Waals surface area contributed by atoms with Gasteiger partial charge in [0.05, 0.1) is 16.9 Å². The topological polar surface area (TPSA) is 86.1 Å². The Kier molecular flexibility index (Phi) is 5.03. The van der Waals surface area contributed by atoms with Gasteiger partial charge in [-0.25, -0.2) is 14.5 Å². The summed E-state index contributed by atoms with van der Waals surface area (Å²) in [6, 6.07) is 22.0. The number of pyridine rings is 1. The van der Waals surface area contributed by atoms with Crippen molar-refractivity contribution < 1.29 is 14.3 Å². The summed E-state index contributed by atoms with van der Waals surface area (Å²) in [5, 5.41) is 8.04. The van der Waals surface area contributed by atoms with Crippen molar-refractivity contribution >= 4 is 28.6 Å². The maximum absolute atomic E-state index is 12.3. The smallest absolute Gasteiger partial charge is 0.357 e. The number of benzene rings is 2. The Labute approximate surface area is 167 Å². The molecule has 29 heavy (non-hydrogen) atoms. The van der Waals surface area contributed by atoms with Gasteiger partial charge in [0.1, 0.15) is 11.5 Å². The molecular formula is C22H18N4O3. The fourth-order valence-corrected chi connectivity index (χ4v) is 2.92. The van der Waals surface area contributed by atoms with Gasteiger partial charge in [0.2, 0.25) is 0 Å². The van der Waals surface area contributed by atoms with E-state index >= 15 is 0 Å². The monoisotopic (exact) mass is 386 g/mol. The number of ether oxygens (including phenoxy) is 1. The van der Waals surface area contributed by atoms with Crippen molar-refractivity contribution in [2.24, 2.45) is 0 Å². The van der Waals surface area contributed by atoms with Crippen LogP contribution in [0.1, 0.15) is 16.2 Å². The lowest BCUT2D eigenvalue weighted by Crippen LogP contribution is -2.22. The summed E-state index contributed by atoms with van der Waals surface area (Å²) < 4.78 is 6.75. The van der Waals surface area contributed by atoms with Crippen LogP contribution in [-0.2, 0) is 9.53 Å². The van der Waals surface area contributed by atoms with Gasteiger partial charge in [0.25, 0.3) is 5.91 Å². The minimum absolute atomic E-state index is 0.154. The first-order valence-electron chi connectivity index (χ1n) is 9.05. The fourth-order valence-electron chi connectivity index (χ4n) is 2.92. The normalized spacial score (nSPS) is 10.7. The molecule has 2 heterocycles. The first-order valence-corrected chi connectivity index (χ1v) is 9.05. The highest BCUT2D eigenvalue weighted by Gasteiger charge is 2.15. The van der Waals surface area contributed by atoms with Crippen molar-refractivity contribution in [3.05, 3.63) is 84.2 Å². The van der Waals surface area contributed by atoms with E-state index in [9.17, 15) is 9.59 Å². The Morgan fingerprint density at radius 1 is 1.00 bits per heavy atom. The number of anilines is 1. The van der Waals surface area contributed by atoms with E-state index < -0.39 is 18.5 Å². The quantitative estimate of drug-likeness (QED) is 0.530. The molecule has 0 saturated carbocycles. The summed E-state index contributed by atoms with van der Waals surface area (Å²) in [5.74, 6) is -0.617. The third kappa shape index (κ3) is 4.14. The standard InChI is InChI=1S/C22H18N4O3/c1-15-13-20(26(25-15)17-8-3-2-4-9-17)24-21(27)14-29-22(28)19-12-11-16-7-5-6-10-18(16)23-19/h2-13H,14H2,1H3,(H,24,27). The zero-order valence-corrected chi connectivity index (χ0v) is 15.7. The lowest BCUT2D eigenvalue weighted by atomic mass is 10.2. The third-order valence-corrected chi connectivity index (χ3v) is 4.24. The molecule has 0 aliphatic carbocycles. The number of nitrogens with one attached hydrogen (secondary N) is 1. The van der Waals surface area contributed by atoms with Crippen LogP contribution in [0, 0.1) is 6.92 Å². The maximum Gasteiger partial charge on any atom is 0.357 e. The lowest BCUT2D eigenvalue weighted by molar-refractivity contribution is -0.119. The number of nitrogens with zero attached hydrogens (tertiary/aromatic N) is 3. The van der Waals surface area contributed by atoms with E-state index in [1.165, 1.54) is 0 Å². The molecule has 0 aliphatic heterocycles. The van der Waals surface area contributed by atoms with Crippen LogP contribution >= 0.6 is 0 Å². The van der Waals surface area contributed by atoms with Crippen molar-refractivity contribution in [1.29, 1.82) is 0 Å². The van der Waals surface area contributed by atoms with Crippen LogP contribution in [0.25, 0.3) is 16.6 Å². The molecule has 0 saturated heterocycles. The average Bonchev–Trinajstić information content (AvgIpc) is 3.12. The molecule has 0 aliphatic rings. The fraction of sp³-hybridized carbons (Fsp3) is 0.0909. The second-order valence-corrected chi connectivity index (χ2v) is 6.43. The predicted octanol–water partition coefficient (Wildman–Crippen LogP) is 3.52. The Hall–Kier alpha value is -4.00. The number of amides is 1. The van der Waals surface area contributed by atoms with E-state index in [0.717, 1.165) is 16.8 Å². The maximum atomic E-state index is 12.3. The molecule has 1 N–H and O–H groups in total. The highest BCUT2D eigenvalue weighted by atomic mass is 16.5. The Morgan fingerprint density at radius 2 is 1.76 bits per heavy atom. The molecule has 7 heteroatoms. The summed E-state index contributed by atoms with van der Waals surface area (Å²) in [6.45, 7) is 1.41. The summed E-state index contributed by atoms with van der Waals surface area (Å²) in [7, 11) is 0. The van der Waals surface area contributed by atoms with Crippen LogP contribution in [0.2, 0.25) is 0 Å². The third-order valence-electron chi connectivity index (χ3n) is 4.24. The number of fused-ring (bicyclic) bond motifs is 1. The highest BCUT2D eigenvalue weighted by Crippen LogP contribution is 2.17. The second kappa shape index (κ2) is 7.93. The molecule has 2 aromatic heterocycles.